The normalized spacial score (nSPS) is 13.2. The molecule has 8 amide bonds. The van der Waals surface area contributed by atoms with Crippen LogP contribution in [0.2, 0.25) is 0 Å². The van der Waals surface area contributed by atoms with Crippen molar-refractivity contribution >= 4 is 130 Å². The lowest BCUT2D eigenvalue weighted by molar-refractivity contribution is -0.979. The first-order valence-corrected chi connectivity index (χ1v) is 39.9. The Morgan fingerprint density at radius 1 is 0.299 bits per heavy atom. The van der Waals surface area contributed by atoms with Crippen LogP contribution in [-0.2, 0) is 11.8 Å². The summed E-state index contributed by atoms with van der Waals surface area (Å²) in [5, 5.41) is 19.2. The molecule has 34 nitrogen and oxygen atoms in total. The van der Waals surface area contributed by atoms with Crippen LogP contribution in [0.15, 0.2) is 347 Å². The van der Waals surface area contributed by atoms with Crippen LogP contribution in [0.1, 0.15) is 94.4 Å². The van der Waals surface area contributed by atoms with Gasteiger partial charge in [-0.15, -0.1) is 0 Å². The van der Waals surface area contributed by atoms with Crippen molar-refractivity contribution in [3.63, 3.8) is 0 Å². The zero-order valence-corrected chi connectivity index (χ0v) is 67.2. The second kappa shape index (κ2) is 34.6. The van der Waals surface area contributed by atoms with Crippen LogP contribution in [0, 0.1) is 0 Å². The van der Waals surface area contributed by atoms with Crippen molar-refractivity contribution in [3.05, 3.63) is 398 Å². The summed E-state index contributed by atoms with van der Waals surface area (Å²) >= 11 is 0. The third kappa shape index (κ3) is 15.2. The highest BCUT2D eigenvalue weighted by atomic mass is 31.2. The molecule has 127 heavy (non-hydrogen) atoms. The molecule has 15 aromatic rings. The van der Waals surface area contributed by atoms with Gasteiger partial charge in [0.1, 0.15) is 45.7 Å². The number of amides is 8. The number of aromatic nitrogens is 9. The average molecular weight is 1710 g/mol. The summed E-state index contributed by atoms with van der Waals surface area (Å²) in [4.78, 5) is 146. The van der Waals surface area contributed by atoms with Gasteiger partial charge in [0.15, 0.2) is 24.8 Å². The Kier molecular flexibility index (Phi) is 22.1. The van der Waals surface area contributed by atoms with Crippen molar-refractivity contribution in [3.8, 4) is 17.2 Å². The highest BCUT2D eigenvalue weighted by Gasteiger charge is 2.84. The van der Waals surface area contributed by atoms with Gasteiger partial charge in [0.25, 0.3) is 46.4 Å². The van der Waals surface area contributed by atoms with E-state index in [-0.39, 0.29) is 74.8 Å². The molecule has 0 unspecified atom stereocenters. The molecule has 6 aromatic carbocycles. The second-order valence-electron chi connectivity index (χ2n) is 28.1. The van der Waals surface area contributed by atoms with Crippen LogP contribution in [0.25, 0.3) is 0 Å². The molecule has 9 aromatic heterocycles. The van der Waals surface area contributed by atoms with E-state index >= 15 is 0 Å². The van der Waals surface area contributed by atoms with Gasteiger partial charge in [-0.25, -0.2) is 9.78 Å². The van der Waals surface area contributed by atoms with Gasteiger partial charge in [0.2, 0.25) is 0 Å². The summed E-state index contributed by atoms with van der Waals surface area (Å²) in [6, 6.07) is 83.5. The molecule has 6 aliphatic heterocycles. The summed E-state index contributed by atoms with van der Waals surface area (Å²) in [5.74, 6) is -5.08. The maximum absolute atomic E-state index is 14.3. The third-order valence-corrected chi connectivity index (χ3v) is 21.4. The number of fused-ring (bicyclic) bond motifs is 10. The minimum Gasteiger partial charge on any atom is -0.477 e. The van der Waals surface area contributed by atoms with Crippen molar-refractivity contribution in [1.82, 2.24) is 24.9 Å². The van der Waals surface area contributed by atoms with Crippen LogP contribution in [0.5, 0.6) is 17.2 Å². The highest BCUT2D eigenvalue weighted by Crippen LogP contribution is 2.59. The molecule has 0 fully saturated rings. The molecule has 0 saturated heterocycles. The number of para-hydroxylation sites is 3. The van der Waals surface area contributed by atoms with Crippen LogP contribution >= 0.6 is 8.60 Å². The summed E-state index contributed by atoms with van der Waals surface area (Å²) in [5.41, 5.74) is 28.1. The number of carboxylic acid groups (broad SMARTS) is 1. The smallest absolute Gasteiger partial charge is 0.477 e. The minimum atomic E-state index is -1.59. The molecule has 0 bridgehead atoms. The number of nitrogen functional groups attached to an aromatic ring is 4. The Balaban J connectivity index is 0.000000126. The zero-order valence-electron chi connectivity index (χ0n) is 66.3. The summed E-state index contributed by atoms with van der Waals surface area (Å²) in [6.45, 7) is 0. The van der Waals surface area contributed by atoms with Gasteiger partial charge in [-0.3, -0.25) is 58.3 Å². The summed E-state index contributed by atoms with van der Waals surface area (Å²) < 4.78 is 24.7. The Morgan fingerprint density at radius 3 is 0.748 bits per heavy atom. The summed E-state index contributed by atoms with van der Waals surface area (Å²) in [6.07, 6.45) is 14.5. The quantitative estimate of drug-likeness (QED) is 0.0261. The number of carbonyl (C=O) groups excluding carboxylic acids is 8. The standard InChI is InChI=1S/C32H18N8O4.C30H22N8O4.C18H15O3P.C6H10N4.C6H5NO2/c41-27-19-9-1-5-13-33(19)31-34-14-6-2-10-20(34)28(42)38(31)24-18-26-25(17-23(24)37(27)31)39-29(43)21-11-3-7-15-35(21)32(39)36-16-8-4-12-22(36)30(44)40(26)32;39-27(19-9-1-5-13-31-19)35-23-17-25(37-29(41)21-11-3-7-15-33-21)26(38-30(42)22-12-4-8-16-34-22)18-24(23)36-28(40)20-10-2-6-14-32-20;1-4-10-16(11-5-1)19-22(20-17-12-6-2-7-13-17)21-18-14-8-3-9-15-18;7-3-1-4(8)6(10)2-5(3)9;8-6(9)5-3-1-2-4-7-5/h1-18H;1-18H,(H,35,39)(H,36,40)(H,37,41)(H,38,42);1-15H;1-2H,7-10H2;1-4H,(H,8,9)/q+4;;;;. The molecule has 0 aliphatic carbocycles. The van der Waals surface area contributed by atoms with Gasteiger partial charge < -0.3 is 62.9 Å². The number of hydrogen-bond donors (Lipinski definition) is 9. The first kappa shape index (κ1) is 81.3. The fourth-order valence-electron chi connectivity index (χ4n) is 14.8. The van der Waals surface area contributed by atoms with Gasteiger partial charge in [0, 0.05) is 79.5 Å². The van der Waals surface area contributed by atoms with Crippen LogP contribution in [0.4, 0.5) is 68.2 Å². The Hall–Kier alpha value is -18.1. The maximum atomic E-state index is 14.3. The number of nitrogens with zero attached hydrogens (tertiary/aromatic N) is 13. The van der Waals surface area contributed by atoms with E-state index in [4.69, 9.17) is 41.6 Å². The lowest BCUT2D eigenvalue weighted by Crippen LogP contribution is -2.80. The zero-order chi connectivity index (χ0) is 88.0. The monoisotopic (exact) mass is 1710 g/mol. The molecule has 21 rings (SSSR count). The fourth-order valence-corrected chi connectivity index (χ4v) is 15.8. The average Bonchev–Trinajstić information content (AvgIpc) is 1.47. The highest BCUT2D eigenvalue weighted by molar-refractivity contribution is 7.43. The number of pyridine rings is 9. The van der Waals surface area contributed by atoms with Crippen molar-refractivity contribution in [1.29, 1.82) is 0 Å². The second-order valence-corrected chi connectivity index (χ2v) is 29.1. The van der Waals surface area contributed by atoms with E-state index in [2.05, 4.69) is 46.2 Å². The van der Waals surface area contributed by atoms with Gasteiger partial charge in [0.05, 0.1) is 68.2 Å². The van der Waals surface area contributed by atoms with Gasteiger partial charge >= 0.3 is 50.0 Å². The lowest BCUT2D eigenvalue weighted by atomic mass is 10.1. The van der Waals surface area contributed by atoms with Gasteiger partial charge in [-0.1, -0.05) is 103 Å². The van der Waals surface area contributed by atoms with E-state index < -0.39 is 50.0 Å². The number of anilines is 12. The van der Waals surface area contributed by atoms with Crippen LogP contribution < -0.4 is 95.6 Å². The fraction of sp³-hybridized carbons (Fsp3) is 0.0217. The number of nitrogens with two attached hydrogens (primary N) is 4. The van der Waals surface area contributed by atoms with Gasteiger partial charge in [-0.2, -0.15) is 19.6 Å². The molecular weight excluding hydrogens is 1640 g/mol. The van der Waals surface area contributed by atoms with Crippen LogP contribution in [-0.4, -0.2) is 83.3 Å². The van der Waals surface area contributed by atoms with E-state index in [1.807, 2.05) is 115 Å². The Morgan fingerprint density at radius 2 is 0.528 bits per heavy atom. The number of benzene rings is 6. The summed E-state index contributed by atoms with van der Waals surface area (Å²) in [7, 11) is -1.59. The van der Waals surface area contributed by atoms with Crippen molar-refractivity contribution < 1.29 is 80.1 Å². The van der Waals surface area contributed by atoms with E-state index in [1.54, 1.807) is 196 Å². The predicted octanol–water partition coefficient (Wildman–Crippen LogP) is 10.9. The molecule has 2 spiro atoms. The Labute approximate surface area is 722 Å². The van der Waals surface area contributed by atoms with E-state index in [0.717, 1.165) is 0 Å². The molecule has 0 saturated carbocycles. The first-order chi connectivity index (χ1) is 61.8. The molecule has 622 valence electrons. The molecule has 0 atom stereocenters. The molecule has 35 heteroatoms. The third-order valence-electron chi connectivity index (χ3n) is 20.3. The van der Waals surface area contributed by atoms with Crippen molar-refractivity contribution in [2.24, 2.45) is 0 Å². The number of carboxylic acids is 1. The van der Waals surface area contributed by atoms with E-state index in [9.17, 15) is 43.2 Å². The number of rotatable bonds is 15. The number of carbonyl (C=O) groups is 9. The molecule has 0 radical (unpaired) electrons. The number of hydrogen-bond acceptors (Lipinski definition) is 21. The lowest BCUT2D eigenvalue weighted by Gasteiger charge is -2.21. The molecule has 6 aliphatic rings. The topological polar surface area (TPSA) is 447 Å². The number of aromatic carboxylic acids is 1. The maximum Gasteiger partial charge on any atom is 0.558 e. The van der Waals surface area contributed by atoms with Crippen LogP contribution in [0.3, 0.4) is 0 Å². The molecule has 15 heterocycles. The van der Waals surface area contributed by atoms with Gasteiger partial charge in [-0.05, 0) is 158 Å². The predicted molar refractivity (Wildman–Crippen MR) is 466 cm³/mol. The minimum absolute atomic E-state index is 0.0810. The first-order valence-electron chi connectivity index (χ1n) is 38.8. The number of nitrogens with one attached hydrogen (secondary N) is 4. The van der Waals surface area contributed by atoms with Crippen molar-refractivity contribution in [2.45, 2.75) is 11.8 Å². The Bertz CT molecular complexity index is 6110. The SMILES string of the molecule is Nc1cc(N)c(N)cc1N.O=C(Nc1cc(NC(=O)c2ccccn2)c(NC(=O)c2ccccn2)cc1NC(=O)c1ccccn1)c1ccccn1.O=C(O)c1ccccn1.O=C1c2cccc[n+]2C23N1c1cc4c(cc1N2C(=O)c1cccc[n+]13)N1C(=O)c2cccc[n+]2C12N4C(=O)c1cccc[n+]12.c1ccc(OP(Oc2ccccc2)Oc2ccccc2)cc1. The van der Waals surface area contributed by atoms with E-state index in [0.29, 0.717) is 85.5 Å². The van der Waals surface area contributed by atoms with Crippen molar-refractivity contribution in [2.75, 3.05) is 63.8 Å². The van der Waals surface area contributed by atoms with E-state index in [1.165, 1.54) is 73.4 Å². The molecule has 13 N–H and O–H groups in total. The largest absolute Gasteiger partial charge is 0.558 e. The molecular formula is C92H70N21O13P+4.